The molecule has 0 radical (unpaired) electrons. The molecule has 0 bridgehead atoms. The normalized spacial score (nSPS) is 19.4. The van der Waals surface area contributed by atoms with Crippen molar-refractivity contribution < 1.29 is 4.74 Å². The van der Waals surface area contributed by atoms with E-state index in [1.807, 2.05) is 4.68 Å². The number of nitrogens with one attached hydrogen (secondary N) is 1. The van der Waals surface area contributed by atoms with Gasteiger partial charge in [0.2, 0.25) is 5.88 Å². The number of fused-ring (bicyclic) bond motifs is 1. The maximum atomic E-state index is 5.47. The van der Waals surface area contributed by atoms with Crippen LogP contribution in [0.3, 0.4) is 0 Å². The van der Waals surface area contributed by atoms with Crippen molar-refractivity contribution >= 4 is 5.82 Å². The van der Waals surface area contributed by atoms with Gasteiger partial charge < -0.3 is 10.1 Å². The van der Waals surface area contributed by atoms with E-state index in [9.17, 15) is 0 Å². The molecule has 0 saturated heterocycles. The molecule has 6 heteroatoms. The minimum Gasteiger partial charge on any atom is -0.480 e. The van der Waals surface area contributed by atoms with Crippen molar-refractivity contribution in [1.29, 1.82) is 0 Å². The third kappa shape index (κ3) is 2.23. The molecule has 2 aromatic heterocycles. The summed E-state index contributed by atoms with van der Waals surface area (Å²) in [6.07, 6.45) is 3.96. The minimum absolute atomic E-state index is 0.201. The average molecular weight is 299 g/mol. The predicted molar refractivity (Wildman–Crippen MR) is 84.1 cm³/mol. The molecule has 1 aliphatic heterocycles. The number of ether oxygens (including phenoxy) is 1. The third-order valence-corrected chi connectivity index (χ3v) is 4.36. The fourth-order valence-electron chi connectivity index (χ4n) is 3.04. The molecule has 6 nitrogen and oxygen atoms in total. The zero-order valence-electron chi connectivity index (χ0n) is 13.3. The Morgan fingerprint density at radius 2 is 2.14 bits per heavy atom. The van der Waals surface area contributed by atoms with E-state index in [-0.39, 0.29) is 5.41 Å². The van der Waals surface area contributed by atoms with Gasteiger partial charge in [0.25, 0.3) is 0 Å². The fraction of sp³-hybridized carbons (Fsp3) is 0.562. The molecular weight excluding hydrogens is 278 g/mol. The number of hydrogen-bond acceptors (Lipinski definition) is 5. The van der Waals surface area contributed by atoms with Crippen molar-refractivity contribution in [3.8, 4) is 17.1 Å². The molecule has 0 atom stereocenters. The van der Waals surface area contributed by atoms with Crippen molar-refractivity contribution in [2.75, 3.05) is 19.0 Å². The van der Waals surface area contributed by atoms with E-state index in [0.29, 0.717) is 11.8 Å². The van der Waals surface area contributed by atoms with Crippen LogP contribution in [-0.2, 0) is 6.54 Å². The molecular formula is C16H21N5O. The first kappa shape index (κ1) is 13.5. The summed E-state index contributed by atoms with van der Waals surface area (Å²) in [7, 11) is 1.65. The van der Waals surface area contributed by atoms with Crippen molar-refractivity contribution in [3.05, 3.63) is 18.1 Å². The van der Waals surface area contributed by atoms with Crippen molar-refractivity contribution in [2.45, 2.75) is 39.2 Å². The second-order valence-corrected chi connectivity index (χ2v) is 7.01. The van der Waals surface area contributed by atoms with Crippen molar-refractivity contribution in [2.24, 2.45) is 5.41 Å². The van der Waals surface area contributed by atoms with Crippen LogP contribution in [0.15, 0.2) is 12.4 Å². The number of rotatable bonds is 3. The zero-order chi connectivity index (χ0) is 15.3. The molecule has 0 aromatic carbocycles. The summed E-state index contributed by atoms with van der Waals surface area (Å²) in [5.74, 6) is 2.20. The van der Waals surface area contributed by atoms with Crippen LogP contribution in [0.2, 0.25) is 0 Å². The molecule has 4 rings (SSSR count). The molecule has 1 N–H and O–H groups in total. The number of hydrogen-bond donors (Lipinski definition) is 1. The standard InChI is InChI=1S/C16H21N5O/c1-16(2)7-17-12-6-11(20-21(12)8-16)13-14(10-4-5-10)18-9-19-15(13)22-3/h6,9-10,17H,4-5,7-8H2,1-3H3. The first-order valence-corrected chi connectivity index (χ1v) is 7.78. The van der Waals surface area contributed by atoms with E-state index in [1.54, 1.807) is 13.4 Å². The van der Waals surface area contributed by atoms with E-state index in [4.69, 9.17) is 9.84 Å². The summed E-state index contributed by atoms with van der Waals surface area (Å²) in [6, 6.07) is 2.09. The quantitative estimate of drug-likeness (QED) is 0.944. The van der Waals surface area contributed by atoms with E-state index in [0.717, 1.165) is 35.9 Å². The number of anilines is 1. The van der Waals surface area contributed by atoms with Crippen LogP contribution in [0.4, 0.5) is 5.82 Å². The van der Waals surface area contributed by atoms with Gasteiger partial charge in [0.05, 0.1) is 18.4 Å². The molecule has 2 aromatic rings. The van der Waals surface area contributed by atoms with Crippen LogP contribution in [0.1, 0.15) is 38.3 Å². The van der Waals surface area contributed by atoms with Gasteiger partial charge in [-0.2, -0.15) is 5.10 Å². The van der Waals surface area contributed by atoms with Gasteiger partial charge in [0.15, 0.2) is 0 Å². The Balaban J connectivity index is 1.81. The van der Waals surface area contributed by atoms with Crippen molar-refractivity contribution in [3.63, 3.8) is 0 Å². The second kappa shape index (κ2) is 4.69. The summed E-state index contributed by atoms with van der Waals surface area (Å²) in [6.45, 7) is 6.35. The van der Waals surface area contributed by atoms with Gasteiger partial charge in [-0.3, -0.25) is 0 Å². The lowest BCUT2D eigenvalue weighted by molar-refractivity contribution is 0.294. The van der Waals surface area contributed by atoms with Crippen LogP contribution in [-0.4, -0.2) is 33.4 Å². The lowest BCUT2D eigenvalue weighted by atomic mass is 9.92. The Labute approximate surface area is 129 Å². The van der Waals surface area contributed by atoms with Gasteiger partial charge >= 0.3 is 0 Å². The van der Waals surface area contributed by atoms with Gasteiger partial charge in [-0.1, -0.05) is 13.8 Å². The van der Waals surface area contributed by atoms with Gasteiger partial charge in [-0.05, 0) is 12.8 Å². The second-order valence-electron chi connectivity index (χ2n) is 7.01. The summed E-state index contributed by atoms with van der Waals surface area (Å²) < 4.78 is 7.51. The van der Waals surface area contributed by atoms with Crippen molar-refractivity contribution in [1.82, 2.24) is 19.7 Å². The topological polar surface area (TPSA) is 64.9 Å². The highest BCUT2D eigenvalue weighted by Gasteiger charge is 2.32. The van der Waals surface area contributed by atoms with Gasteiger partial charge in [0.1, 0.15) is 17.8 Å². The third-order valence-electron chi connectivity index (χ3n) is 4.36. The molecule has 22 heavy (non-hydrogen) atoms. The molecule has 1 saturated carbocycles. The zero-order valence-corrected chi connectivity index (χ0v) is 13.3. The van der Waals surface area contributed by atoms with Crippen LogP contribution >= 0.6 is 0 Å². The van der Waals surface area contributed by atoms with Crippen LogP contribution < -0.4 is 10.1 Å². The Kier molecular flexibility index (Phi) is 2.89. The first-order chi connectivity index (χ1) is 10.6. The molecule has 0 unspecified atom stereocenters. The van der Waals surface area contributed by atoms with E-state index < -0.39 is 0 Å². The average Bonchev–Trinajstić information content (AvgIpc) is 3.26. The Bertz CT molecular complexity index is 717. The lowest BCUT2D eigenvalue weighted by Crippen LogP contribution is -2.34. The molecule has 1 fully saturated rings. The Hall–Kier alpha value is -2.11. The largest absolute Gasteiger partial charge is 0.480 e. The fourth-order valence-corrected chi connectivity index (χ4v) is 3.04. The maximum Gasteiger partial charge on any atom is 0.226 e. The van der Waals surface area contributed by atoms with E-state index in [1.165, 1.54) is 12.8 Å². The summed E-state index contributed by atoms with van der Waals surface area (Å²) in [4.78, 5) is 8.78. The smallest absolute Gasteiger partial charge is 0.226 e. The summed E-state index contributed by atoms with van der Waals surface area (Å²) in [5.41, 5.74) is 3.13. The van der Waals surface area contributed by atoms with Gasteiger partial charge in [-0.15, -0.1) is 0 Å². The number of methoxy groups -OCH3 is 1. The van der Waals surface area contributed by atoms with Crippen LogP contribution in [0, 0.1) is 5.41 Å². The lowest BCUT2D eigenvalue weighted by Gasteiger charge is -2.31. The molecule has 1 aliphatic carbocycles. The summed E-state index contributed by atoms with van der Waals surface area (Å²) >= 11 is 0. The van der Waals surface area contributed by atoms with Crippen LogP contribution in [0.25, 0.3) is 11.3 Å². The highest BCUT2D eigenvalue weighted by molar-refractivity contribution is 5.71. The molecule has 0 spiro atoms. The first-order valence-electron chi connectivity index (χ1n) is 7.78. The van der Waals surface area contributed by atoms with Crippen LogP contribution in [0.5, 0.6) is 5.88 Å². The summed E-state index contributed by atoms with van der Waals surface area (Å²) in [5, 5.41) is 8.25. The maximum absolute atomic E-state index is 5.47. The molecule has 116 valence electrons. The highest BCUT2D eigenvalue weighted by atomic mass is 16.5. The Morgan fingerprint density at radius 3 is 2.86 bits per heavy atom. The van der Waals surface area contributed by atoms with Gasteiger partial charge in [-0.25, -0.2) is 14.6 Å². The predicted octanol–water partition coefficient (Wildman–Crippen LogP) is 2.68. The van der Waals surface area contributed by atoms with E-state index in [2.05, 4.69) is 35.2 Å². The highest BCUT2D eigenvalue weighted by Crippen LogP contribution is 2.45. The van der Waals surface area contributed by atoms with Gasteiger partial charge in [0, 0.05) is 30.5 Å². The monoisotopic (exact) mass is 299 g/mol. The minimum atomic E-state index is 0.201. The Morgan fingerprint density at radius 1 is 1.32 bits per heavy atom. The van der Waals surface area contributed by atoms with E-state index >= 15 is 0 Å². The molecule has 0 amide bonds. The molecule has 3 heterocycles. The number of aromatic nitrogens is 4. The molecule has 2 aliphatic rings. The SMILES string of the molecule is COc1ncnc(C2CC2)c1-c1cc2n(n1)CC(C)(C)CN2. The number of nitrogens with zero attached hydrogens (tertiary/aromatic N) is 4.